The number of quaternary nitrogens is 1. The van der Waals surface area contributed by atoms with Gasteiger partial charge in [-0.3, -0.25) is 4.18 Å². The molecule has 0 spiro atoms. The molecule has 0 aliphatic heterocycles. The summed E-state index contributed by atoms with van der Waals surface area (Å²) in [6.07, 6.45) is 0. The van der Waals surface area contributed by atoms with Gasteiger partial charge in [0.2, 0.25) is 10.4 Å². The van der Waals surface area contributed by atoms with Crippen LogP contribution in [0.25, 0.3) is 0 Å². The Labute approximate surface area is 138 Å². The monoisotopic (exact) mass is 352 g/mol. The van der Waals surface area contributed by atoms with Gasteiger partial charge < -0.3 is 13.9 Å². The lowest BCUT2D eigenvalue weighted by atomic mass is 10.3. The fraction of sp³-hybridized carbons (Fsp3) is 0.571. The summed E-state index contributed by atoms with van der Waals surface area (Å²) in [5, 5.41) is 0.807. The number of likely N-dealkylation sites (N-methyl/N-ethyl adjacent to an activating group) is 2. The zero-order chi connectivity index (χ0) is 17.4. The predicted octanol–water partition coefficient (Wildman–Crippen LogP) is 1.97. The SMILES string of the molecule is CCN(CC[N+](C)(C)C)c1cccc(Cl)c1.COS(=O)(=O)[O-]. The molecule has 0 amide bonds. The number of hydrogen-bond donors (Lipinski definition) is 0. The molecule has 0 aliphatic rings. The largest absolute Gasteiger partial charge is 0.726 e. The van der Waals surface area contributed by atoms with Gasteiger partial charge in [0.05, 0.1) is 41.3 Å². The van der Waals surface area contributed by atoms with Crippen molar-refractivity contribution in [2.45, 2.75) is 6.92 Å². The van der Waals surface area contributed by atoms with Crippen molar-refractivity contribution in [1.82, 2.24) is 0 Å². The molecule has 0 aromatic heterocycles. The summed E-state index contributed by atoms with van der Waals surface area (Å²) in [7, 11) is 3.04. The van der Waals surface area contributed by atoms with Crippen LogP contribution in [0.4, 0.5) is 5.69 Å². The summed E-state index contributed by atoms with van der Waals surface area (Å²) < 4.78 is 32.0. The Kier molecular flexibility index (Phi) is 8.95. The molecule has 0 atom stereocenters. The van der Waals surface area contributed by atoms with Crippen LogP contribution < -0.4 is 4.90 Å². The molecule has 0 radical (unpaired) electrons. The first-order valence-corrected chi connectivity index (χ1v) is 8.52. The van der Waals surface area contributed by atoms with Gasteiger partial charge >= 0.3 is 0 Å². The van der Waals surface area contributed by atoms with E-state index in [0.717, 1.165) is 36.2 Å². The van der Waals surface area contributed by atoms with Gasteiger partial charge in [0, 0.05) is 17.3 Å². The Hall–Kier alpha value is -0.860. The third kappa shape index (κ3) is 10.8. The fourth-order valence-electron chi connectivity index (χ4n) is 1.56. The Balaban J connectivity index is 0.000000626. The van der Waals surface area contributed by atoms with E-state index < -0.39 is 10.4 Å². The molecular weight excluding hydrogens is 328 g/mol. The number of hydrogen-bond acceptors (Lipinski definition) is 5. The lowest BCUT2D eigenvalue weighted by Crippen LogP contribution is -2.42. The smallest absolute Gasteiger partial charge is 0.217 e. The van der Waals surface area contributed by atoms with Gasteiger partial charge in [0.1, 0.15) is 0 Å². The molecule has 0 bridgehead atoms. The second-order valence-electron chi connectivity index (χ2n) is 5.65. The van der Waals surface area contributed by atoms with E-state index in [1.54, 1.807) is 0 Å². The quantitative estimate of drug-likeness (QED) is 0.444. The number of anilines is 1. The molecule has 0 N–H and O–H groups in total. The minimum absolute atomic E-state index is 0.807. The number of benzene rings is 1. The van der Waals surface area contributed by atoms with E-state index in [0.29, 0.717) is 0 Å². The first-order chi connectivity index (χ1) is 9.98. The second-order valence-corrected chi connectivity index (χ2v) is 7.23. The molecule has 1 aromatic carbocycles. The molecule has 6 nitrogen and oxygen atoms in total. The Morgan fingerprint density at radius 1 is 1.32 bits per heavy atom. The van der Waals surface area contributed by atoms with Crippen LogP contribution >= 0.6 is 11.6 Å². The van der Waals surface area contributed by atoms with E-state index in [1.807, 2.05) is 18.2 Å². The van der Waals surface area contributed by atoms with Crippen LogP contribution in [0.3, 0.4) is 0 Å². The lowest BCUT2D eigenvalue weighted by Gasteiger charge is -2.29. The third-order valence-corrected chi connectivity index (χ3v) is 3.44. The minimum atomic E-state index is -4.41. The van der Waals surface area contributed by atoms with Crippen molar-refractivity contribution in [2.75, 3.05) is 52.8 Å². The first kappa shape index (κ1) is 21.1. The van der Waals surface area contributed by atoms with Crippen molar-refractivity contribution in [1.29, 1.82) is 0 Å². The fourth-order valence-corrected chi connectivity index (χ4v) is 1.75. The van der Waals surface area contributed by atoms with Crippen molar-refractivity contribution in [3.63, 3.8) is 0 Å². The average Bonchev–Trinajstić information content (AvgIpc) is 2.38. The predicted molar refractivity (Wildman–Crippen MR) is 88.9 cm³/mol. The van der Waals surface area contributed by atoms with Gasteiger partial charge in [-0.25, -0.2) is 8.42 Å². The molecule has 0 heterocycles. The molecule has 0 saturated heterocycles. The summed E-state index contributed by atoms with van der Waals surface area (Å²) in [5.41, 5.74) is 1.21. The van der Waals surface area contributed by atoms with Gasteiger partial charge in [-0.1, -0.05) is 17.7 Å². The number of rotatable bonds is 6. The normalized spacial score (nSPS) is 11.6. The Morgan fingerprint density at radius 3 is 2.23 bits per heavy atom. The van der Waals surface area contributed by atoms with Gasteiger partial charge in [-0.2, -0.15) is 0 Å². The van der Waals surface area contributed by atoms with E-state index in [9.17, 15) is 13.0 Å². The minimum Gasteiger partial charge on any atom is -0.726 e. The van der Waals surface area contributed by atoms with E-state index >= 15 is 0 Å². The summed E-state index contributed by atoms with van der Waals surface area (Å²) in [6, 6.07) is 8.07. The standard InChI is InChI=1S/C13H22ClN2.CH4O4S/c1-5-15(9-10-16(2,3)4)13-8-6-7-12(14)11-13;1-5-6(2,3)4/h6-8,11H,5,9-10H2,1-4H3;1H3,(H,2,3,4)/q+1;/p-1. The van der Waals surface area contributed by atoms with Crippen molar-refractivity contribution in [3.8, 4) is 0 Å². The van der Waals surface area contributed by atoms with Crippen LogP contribution in [0.5, 0.6) is 0 Å². The summed E-state index contributed by atoms with van der Waals surface area (Å²) in [4.78, 5) is 2.36. The number of nitrogens with zero attached hydrogens (tertiary/aromatic N) is 2. The lowest BCUT2D eigenvalue weighted by molar-refractivity contribution is -0.868. The molecule has 0 aliphatic carbocycles. The highest BCUT2D eigenvalue weighted by atomic mass is 35.5. The summed E-state index contributed by atoms with van der Waals surface area (Å²) >= 11 is 6.01. The summed E-state index contributed by atoms with van der Waals surface area (Å²) in [5.74, 6) is 0. The Bertz CT molecular complexity index is 544. The van der Waals surface area contributed by atoms with Crippen LogP contribution in [0, 0.1) is 0 Å². The van der Waals surface area contributed by atoms with Gasteiger partial charge in [-0.05, 0) is 25.1 Å². The molecule has 1 rings (SSSR count). The van der Waals surface area contributed by atoms with Crippen molar-refractivity contribution in [3.05, 3.63) is 29.3 Å². The molecule has 1 aromatic rings. The maximum atomic E-state index is 9.22. The van der Waals surface area contributed by atoms with E-state index in [-0.39, 0.29) is 0 Å². The van der Waals surface area contributed by atoms with Gasteiger partial charge in [0.25, 0.3) is 0 Å². The highest BCUT2D eigenvalue weighted by molar-refractivity contribution is 7.80. The van der Waals surface area contributed by atoms with Crippen molar-refractivity contribution < 1.29 is 21.6 Å². The van der Waals surface area contributed by atoms with Crippen LogP contribution in [0.15, 0.2) is 24.3 Å². The summed E-state index contributed by atoms with van der Waals surface area (Å²) in [6.45, 7) is 5.37. The Morgan fingerprint density at radius 2 is 1.86 bits per heavy atom. The van der Waals surface area contributed by atoms with Crippen molar-refractivity contribution >= 4 is 27.7 Å². The highest BCUT2D eigenvalue weighted by Crippen LogP contribution is 2.19. The van der Waals surface area contributed by atoms with E-state index in [1.165, 1.54) is 5.69 Å². The molecule has 22 heavy (non-hydrogen) atoms. The zero-order valence-electron chi connectivity index (χ0n) is 13.7. The van der Waals surface area contributed by atoms with Crippen molar-refractivity contribution in [2.24, 2.45) is 0 Å². The zero-order valence-corrected chi connectivity index (χ0v) is 15.3. The maximum absolute atomic E-state index is 9.22. The maximum Gasteiger partial charge on any atom is 0.217 e. The highest BCUT2D eigenvalue weighted by Gasteiger charge is 2.11. The molecule has 0 saturated carbocycles. The van der Waals surface area contributed by atoms with E-state index in [2.05, 4.69) is 43.2 Å². The average molecular weight is 353 g/mol. The van der Waals surface area contributed by atoms with Crippen LogP contribution in [-0.4, -0.2) is 65.3 Å². The molecule has 8 heteroatoms. The number of halogens is 1. The molecule has 0 fully saturated rings. The van der Waals surface area contributed by atoms with Gasteiger partial charge in [-0.15, -0.1) is 0 Å². The molecule has 0 unspecified atom stereocenters. The second kappa shape index (κ2) is 9.32. The van der Waals surface area contributed by atoms with Crippen LogP contribution in [0.1, 0.15) is 6.92 Å². The molecule has 128 valence electrons. The molecular formula is C14H25ClN2O4S. The van der Waals surface area contributed by atoms with E-state index in [4.69, 9.17) is 11.6 Å². The van der Waals surface area contributed by atoms with Gasteiger partial charge in [0.15, 0.2) is 0 Å². The van der Waals surface area contributed by atoms with Crippen LogP contribution in [-0.2, 0) is 14.6 Å². The third-order valence-electron chi connectivity index (χ3n) is 2.80. The first-order valence-electron chi connectivity index (χ1n) is 6.81. The topological polar surface area (TPSA) is 69.7 Å². The van der Waals surface area contributed by atoms with Crippen LogP contribution in [0.2, 0.25) is 5.02 Å².